The van der Waals surface area contributed by atoms with Gasteiger partial charge in [-0.05, 0) is 37.6 Å². The Morgan fingerprint density at radius 2 is 2.12 bits per heavy atom. The Hall–Kier alpha value is -1.13. The van der Waals surface area contributed by atoms with Gasteiger partial charge in [0.05, 0.1) is 6.61 Å². The highest BCUT2D eigenvalue weighted by Crippen LogP contribution is 2.11. The fourth-order valence-electron chi connectivity index (χ4n) is 2.15. The van der Waals surface area contributed by atoms with E-state index in [2.05, 4.69) is 21.8 Å². The minimum atomic E-state index is 0.0603. The second-order valence-corrected chi connectivity index (χ2v) is 4.65. The van der Waals surface area contributed by atoms with Crippen LogP contribution in [0.25, 0.3) is 0 Å². The molecule has 0 saturated carbocycles. The Morgan fingerprint density at radius 1 is 1.35 bits per heavy atom. The summed E-state index contributed by atoms with van der Waals surface area (Å²) in [5.41, 5.74) is 0.863. The van der Waals surface area contributed by atoms with Crippen molar-refractivity contribution in [3.05, 3.63) is 23.9 Å². The van der Waals surface area contributed by atoms with E-state index < -0.39 is 0 Å². The second kappa shape index (κ2) is 5.98. The molecule has 0 aliphatic carbocycles. The lowest BCUT2D eigenvalue weighted by Gasteiger charge is -2.22. The van der Waals surface area contributed by atoms with E-state index in [1.54, 1.807) is 6.20 Å². The molecule has 4 heteroatoms. The molecule has 1 fully saturated rings. The van der Waals surface area contributed by atoms with Crippen molar-refractivity contribution in [2.75, 3.05) is 38.1 Å². The molecule has 1 saturated heterocycles. The highest BCUT2D eigenvalue weighted by atomic mass is 16.3. The minimum absolute atomic E-state index is 0.0603. The van der Waals surface area contributed by atoms with Gasteiger partial charge in [0.25, 0.3) is 0 Å². The first-order valence-corrected chi connectivity index (χ1v) is 6.29. The maximum absolute atomic E-state index is 8.95. The molecule has 0 spiro atoms. The Labute approximate surface area is 103 Å². The van der Waals surface area contributed by atoms with Crippen LogP contribution in [0.5, 0.6) is 0 Å². The fourth-order valence-corrected chi connectivity index (χ4v) is 2.15. The van der Waals surface area contributed by atoms with Gasteiger partial charge in [-0.25, -0.2) is 4.98 Å². The van der Waals surface area contributed by atoms with Gasteiger partial charge in [0, 0.05) is 26.3 Å². The van der Waals surface area contributed by atoms with Crippen LogP contribution in [-0.4, -0.2) is 48.2 Å². The van der Waals surface area contributed by atoms with E-state index in [-0.39, 0.29) is 6.61 Å². The Balaban J connectivity index is 1.83. The number of likely N-dealkylation sites (N-methyl/N-ethyl adjacent to an activating group) is 1. The van der Waals surface area contributed by atoms with Crippen LogP contribution in [0.1, 0.15) is 18.4 Å². The molecule has 17 heavy (non-hydrogen) atoms. The number of anilines is 1. The molecule has 4 nitrogen and oxygen atoms in total. The third-order valence-corrected chi connectivity index (χ3v) is 3.33. The molecule has 1 aliphatic rings. The van der Waals surface area contributed by atoms with E-state index in [0.29, 0.717) is 0 Å². The summed E-state index contributed by atoms with van der Waals surface area (Å²) in [4.78, 5) is 9.01. The molecule has 94 valence electrons. The van der Waals surface area contributed by atoms with E-state index in [1.165, 1.54) is 25.9 Å². The molecule has 0 amide bonds. The predicted molar refractivity (Wildman–Crippen MR) is 69.1 cm³/mol. The number of aliphatic hydroxyl groups excluding tert-OH is 1. The zero-order valence-corrected chi connectivity index (χ0v) is 10.5. The predicted octanol–water partition coefficient (Wildman–Crippen LogP) is 1.11. The number of hydrogen-bond acceptors (Lipinski definition) is 4. The van der Waals surface area contributed by atoms with Gasteiger partial charge < -0.3 is 14.9 Å². The number of likely N-dealkylation sites (tertiary alicyclic amines) is 1. The van der Waals surface area contributed by atoms with Crippen LogP contribution in [-0.2, 0) is 6.61 Å². The molecule has 2 rings (SSSR count). The summed E-state index contributed by atoms with van der Waals surface area (Å²) in [5.74, 6) is 0.974. The smallest absolute Gasteiger partial charge is 0.128 e. The number of nitrogens with zero attached hydrogens (tertiary/aromatic N) is 3. The van der Waals surface area contributed by atoms with E-state index in [9.17, 15) is 0 Å². The highest BCUT2D eigenvalue weighted by molar-refractivity contribution is 5.38. The van der Waals surface area contributed by atoms with Crippen LogP contribution >= 0.6 is 0 Å². The fraction of sp³-hybridized carbons (Fsp3) is 0.615. The summed E-state index contributed by atoms with van der Waals surface area (Å²) in [6, 6.07) is 3.89. The lowest BCUT2D eigenvalue weighted by Crippen LogP contribution is -2.31. The molecule has 1 aromatic heterocycles. The molecule has 0 unspecified atom stereocenters. The van der Waals surface area contributed by atoms with Crippen molar-refractivity contribution >= 4 is 5.82 Å². The maximum Gasteiger partial charge on any atom is 0.128 e. The number of aromatic nitrogens is 1. The molecule has 0 aromatic carbocycles. The van der Waals surface area contributed by atoms with Crippen molar-refractivity contribution in [3.63, 3.8) is 0 Å². The first-order chi connectivity index (χ1) is 8.29. The van der Waals surface area contributed by atoms with E-state index in [1.807, 2.05) is 12.1 Å². The zero-order chi connectivity index (χ0) is 12.1. The van der Waals surface area contributed by atoms with Crippen molar-refractivity contribution in [1.82, 2.24) is 9.88 Å². The Bertz CT molecular complexity index is 333. The summed E-state index contributed by atoms with van der Waals surface area (Å²) < 4.78 is 0. The Morgan fingerprint density at radius 3 is 2.71 bits per heavy atom. The summed E-state index contributed by atoms with van der Waals surface area (Å²) in [5, 5.41) is 8.95. The summed E-state index contributed by atoms with van der Waals surface area (Å²) >= 11 is 0. The van der Waals surface area contributed by atoms with Crippen LogP contribution in [0.4, 0.5) is 5.82 Å². The molecule has 1 N–H and O–H groups in total. The molecule has 1 aromatic rings. The van der Waals surface area contributed by atoms with Gasteiger partial charge in [-0.3, -0.25) is 0 Å². The van der Waals surface area contributed by atoms with E-state index in [4.69, 9.17) is 5.11 Å². The van der Waals surface area contributed by atoms with Crippen LogP contribution in [0, 0.1) is 0 Å². The third kappa shape index (κ3) is 3.41. The van der Waals surface area contributed by atoms with E-state index in [0.717, 1.165) is 24.5 Å². The number of hydrogen-bond donors (Lipinski definition) is 1. The maximum atomic E-state index is 8.95. The molecule has 1 aliphatic heterocycles. The van der Waals surface area contributed by atoms with Crippen molar-refractivity contribution in [2.24, 2.45) is 0 Å². The van der Waals surface area contributed by atoms with Gasteiger partial charge in [0.1, 0.15) is 5.82 Å². The minimum Gasteiger partial charge on any atom is -0.392 e. The summed E-state index contributed by atoms with van der Waals surface area (Å²) in [6.45, 7) is 4.66. The zero-order valence-electron chi connectivity index (χ0n) is 10.5. The van der Waals surface area contributed by atoms with Crippen LogP contribution < -0.4 is 4.90 Å². The summed E-state index contributed by atoms with van der Waals surface area (Å²) in [7, 11) is 2.07. The quantitative estimate of drug-likeness (QED) is 0.830. The van der Waals surface area contributed by atoms with Crippen LogP contribution in [0.15, 0.2) is 18.3 Å². The van der Waals surface area contributed by atoms with Crippen molar-refractivity contribution in [2.45, 2.75) is 19.4 Å². The van der Waals surface area contributed by atoms with Gasteiger partial charge in [-0.1, -0.05) is 6.07 Å². The number of aliphatic hydroxyl groups is 1. The van der Waals surface area contributed by atoms with Gasteiger partial charge in [0.2, 0.25) is 0 Å². The first-order valence-electron chi connectivity index (χ1n) is 6.29. The normalized spacial score (nSPS) is 16.4. The van der Waals surface area contributed by atoms with Crippen LogP contribution in [0.3, 0.4) is 0 Å². The standard InChI is InChI=1S/C13H21N3O/c1-15(8-9-16-6-2-3-7-16)13-5-4-12(11-17)10-14-13/h4-5,10,17H,2-3,6-9,11H2,1H3. The average molecular weight is 235 g/mol. The number of rotatable bonds is 5. The molecule has 0 atom stereocenters. The topological polar surface area (TPSA) is 39.6 Å². The van der Waals surface area contributed by atoms with Crippen LogP contribution in [0.2, 0.25) is 0 Å². The second-order valence-electron chi connectivity index (χ2n) is 4.65. The van der Waals surface area contributed by atoms with Crippen molar-refractivity contribution in [3.8, 4) is 0 Å². The average Bonchev–Trinajstić information content (AvgIpc) is 2.89. The molecule has 2 heterocycles. The molecule has 0 radical (unpaired) electrons. The lowest BCUT2D eigenvalue weighted by atomic mass is 10.3. The Kier molecular flexibility index (Phi) is 4.34. The first kappa shape index (κ1) is 12.3. The largest absolute Gasteiger partial charge is 0.392 e. The third-order valence-electron chi connectivity index (χ3n) is 3.33. The molecule has 0 bridgehead atoms. The van der Waals surface area contributed by atoms with E-state index >= 15 is 0 Å². The number of pyridine rings is 1. The van der Waals surface area contributed by atoms with Gasteiger partial charge in [-0.2, -0.15) is 0 Å². The molecular weight excluding hydrogens is 214 g/mol. The SMILES string of the molecule is CN(CCN1CCCC1)c1ccc(CO)cn1. The highest BCUT2D eigenvalue weighted by Gasteiger charge is 2.12. The monoisotopic (exact) mass is 235 g/mol. The van der Waals surface area contributed by atoms with Gasteiger partial charge >= 0.3 is 0 Å². The van der Waals surface area contributed by atoms with Gasteiger partial charge in [0.15, 0.2) is 0 Å². The lowest BCUT2D eigenvalue weighted by molar-refractivity contribution is 0.281. The van der Waals surface area contributed by atoms with Gasteiger partial charge in [-0.15, -0.1) is 0 Å². The summed E-state index contributed by atoms with van der Waals surface area (Å²) in [6.07, 6.45) is 4.42. The van der Waals surface area contributed by atoms with Crippen molar-refractivity contribution in [1.29, 1.82) is 0 Å². The van der Waals surface area contributed by atoms with Crippen molar-refractivity contribution < 1.29 is 5.11 Å². The molecular formula is C13H21N3O.